The van der Waals surface area contributed by atoms with E-state index in [0.717, 1.165) is 5.56 Å². The largest absolute Gasteiger partial charge is 0.503 e. The predicted molar refractivity (Wildman–Crippen MR) is 101 cm³/mol. The van der Waals surface area contributed by atoms with Gasteiger partial charge in [-0.2, -0.15) is 9.90 Å². The molecule has 0 aliphatic carbocycles. The van der Waals surface area contributed by atoms with Gasteiger partial charge in [0.1, 0.15) is 6.54 Å². The lowest BCUT2D eigenvalue weighted by Crippen LogP contribution is -2.24. The second-order valence-corrected chi connectivity index (χ2v) is 6.21. The Morgan fingerprint density at radius 2 is 2.15 bits per heavy atom. The molecule has 0 atom stereocenters. The number of benzene rings is 2. The third-order valence-electron chi connectivity index (χ3n) is 3.44. The number of carbonyl (C=O) groups is 1. The number of tetrazole rings is 1. The molecule has 138 valence electrons. The highest BCUT2D eigenvalue weighted by Gasteiger charge is 2.09. The van der Waals surface area contributed by atoms with Gasteiger partial charge < -0.3 is 9.84 Å². The second kappa shape index (κ2) is 8.41. The number of aromatic nitrogens is 4. The summed E-state index contributed by atoms with van der Waals surface area (Å²) in [7, 11) is 1.44. The Balaban J connectivity index is 1.60. The first-order valence-corrected chi connectivity index (χ1v) is 8.57. The van der Waals surface area contributed by atoms with E-state index < -0.39 is 5.91 Å². The molecule has 0 aliphatic heterocycles. The monoisotopic (exact) mass is 430 g/mol. The van der Waals surface area contributed by atoms with Crippen LogP contribution in [0, 0.1) is 0 Å². The van der Waals surface area contributed by atoms with Crippen molar-refractivity contribution in [1.29, 1.82) is 0 Å². The molecule has 3 aromatic rings. The van der Waals surface area contributed by atoms with Crippen LogP contribution in [0.3, 0.4) is 0 Å². The summed E-state index contributed by atoms with van der Waals surface area (Å²) in [4.78, 5) is 13.2. The fraction of sp³-hybridized carbons (Fsp3) is 0.118. The molecule has 0 unspecified atom stereocenters. The summed E-state index contributed by atoms with van der Waals surface area (Å²) in [6.07, 6.45) is 1.43. The van der Waals surface area contributed by atoms with Gasteiger partial charge in [-0.1, -0.05) is 30.3 Å². The molecule has 0 saturated carbocycles. The first kappa shape index (κ1) is 18.5. The molecule has 0 spiro atoms. The SMILES string of the molecule is COc1cc(C=NNC(=O)Cn2nnc(-c3ccccc3)n2)cc(Br)c1O. The van der Waals surface area contributed by atoms with Crippen molar-refractivity contribution in [2.45, 2.75) is 6.54 Å². The van der Waals surface area contributed by atoms with Crippen LogP contribution in [0.15, 0.2) is 52.0 Å². The maximum absolute atomic E-state index is 12.0. The molecule has 0 bridgehead atoms. The van der Waals surface area contributed by atoms with Crippen LogP contribution in [0.5, 0.6) is 11.5 Å². The van der Waals surface area contributed by atoms with E-state index in [1.165, 1.54) is 18.1 Å². The molecule has 3 rings (SSSR count). The highest BCUT2D eigenvalue weighted by Crippen LogP contribution is 2.34. The zero-order chi connectivity index (χ0) is 19.2. The number of phenolic OH excluding ortho intramolecular Hbond substituents is 1. The zero-order valence-electron chi connectivity index (χ0n) is 14.2. The summed E-state index contributed by atoms with van der Waals surface area (Å²) in [5, 5.41) is 25.6. The first-order valence-electron chi connectivity index (χ1n) is 7.78. The van der Waals surface area contributed by atoms with E-state index in [-0.39, 0.29) is 18.0 Å². The highest BCUT2D eigenvalue weighted by molar-refractivity contribution is 9.10. The lowest BCUT2D eigenvalue weighted by molar-refractivity contribution is -0.122. The number of methoxy groups -OCH3 is 1. The number of carbonyl (C=O) groups excluding carboxylic acids is 1. The van der Waals surface area contributed by atoms with Gasteiger partial charge in [0.15, 0.2) is 11.5 Å². The second-order valence-electron chi connectivity index (χ2n) is 5.36. The third-order valence-corrected chi connectivity index (χ3v) is 4.05. The number of hydrazone groups is 1. The van der Waals surface area contributed by atoms with E-state index in [0.29, 0.717) is 15.9 Å². The van der Waals surface area contributed by atoms with Crippen molar-refractivity contribution in [3.8, 4) is 22.9 Å². The number of rotatable bonds is 6. The molecule has 2 N–H and O–H groups in total. The van der Waals surface area contributed by atoms with E-state index in [1.54, 1.807) is 12.1 Å². The van der Waals surface area contributed by atoms with Gasteiger partial charge in [-0.3, -0.25) is 4.79 Å². The van der Waals surface area contributed by atoms with Gasteiger partial charge in [-0.25, -0.2) is 5.43 Å². The van der Waals surface area contributed by atoms with Crippen LogP contribution >= 0.6 is 15.9 Å². The predicted octanol–water partition coefficient (Wildman–Crippen LogP) is 1.97. The van der Waals surface area contributed by atoms with Crippen molar-refractivity contribution in [2.75, 3.05) is 7.11 Å². The number of aromatic hydroxyl groups is 1. The summed E-state index contributed by atoms with van der Waals surface area (Å²) in [5.74, 6) is 0.309. The summed E-state index contributed by atoms with van der Waals surface area (Å²) < 4.78 is 5.51. The molecule has 9 nitrogen and oxygen atoms in total. The average molecular weight is 431 g/mol. The van der Waals surface area contributed by atoms with E-state index >= 15 is 0 Å². The zero-order valence-corrected chi connectivity index (χ0v) is 15.8. The number of amides is 1. The maximum atomic E-state index is 12.0. The maximum Gasteiger partial charge on any atom is 0.263 e. The number of hydrogen-bond donors (Lipinski definition) is 2. The molecular weight excluding hydrogens is 416 g/mol. The summed E-state index contributed by atoms with van der Waals surface area (Å²) >= 11 is 3.22. The molecule has 0 radical (unpaired) electrons. The number of nitrogens with one attached hydrogen (secondary N) is 1. The van der Waals surface area contributed by atoms with Gasteiger partial charge in [-0.05, 0) is 38.8 Å². The Kier molecular flexibility index (Phi) is 5.77. The molecule has 1 heterocycles. The van der Waals surface area contributed by atoms with Gasteiger partial charge in [0.05, 0.1) is 17.8 Å². The molecule has 27 heavy (non-hydrogen) atoms. The molecule has 0 saturated heterocycles. The van der Waals surface area contributed by atoms with Crippen molar-refractivity contribution >= 4 is 28.1 Å². The third kappa shape index (κ3) is 4.67. The Morgan fingerprint density at radius 3 is 2.89 bits per heavy atom. The van der Waals surface area contributed by atoms with Gasteiger partial charge in [0.2, 0.25) is 5.82 Å². The van der Waals surface area contributed by atoms with Crippen molar-refractivity contribution < 1.29 is 14.6 Å². The van der Waals surface area contributed by atoms with E-state index in [1.807, 2.05) is 30.3 Å². The van der Waals surface area contributed by atoms with Crippen molar-refractivity contribution in [1.82, 2.24) is 25.6 Å². The van der Waals surface area contributed by atoms with Gasteiger partial charge in [0.25, 0.3) is 5.91 Å². The molecule has 1 aromatic heterocycles. The lowest BCUT2D eigenvalue weighted by atomic mass is 10.2. The Labute approximate surface area is 162 Å². The van der Waals surface area contributed by atoms with Crippen molar-refractivity contribution in [3.63, 3.8) is 0 Å². The molecule has 0 aliphatic rings. The number of ether oxygens (including phenoxy) is 1. The smallest absolute Gasteiger partial charge is 0.263 e. The van der Waals surface area contributed by atoms with E-state index in [9.17, 15) is 9.90 Å². The van der Waals surface area contributed by atoms with E-state index in [4.69, 9.17) is 4.74 Å². The van der Waals surface area contributed by atoms with Crippen LogP contribution in [0.4, 0.5) is 0 Å². The number of phenols is 1. The van der Waals surface area contributed by atoms with Crippen LogP contribution in [0.1, 0.15) is 5.56 Å². The minimum atomic E-state index is -0.409. The number of nitrogens with zero attached hydrogens (tertiary/aromatic N) is 5. The van der Waals surface area contributed by atoms with Crippen molar-refractivity contribution in [2.24, 2.45) is 5.10 Å². The standard InChI is InChI=1S/C17H15BrN6O3/c1-27-14-8-11(7-13(18)16(14)26)9-19-20-15(25)10-24-22-17(21-23-24)12-5-3-2-4-6-12/h2-9,26H,10H2,1H3,(H,20,25). The fourth-order valence-corrected chi connectivity index (χ4v) is 2.64. The summed E-state index contributed by atoms with van der Waals surface area (Å²) in [6.45, 7) is -0.125. The lowest BCUT2D eigenvalue weighted by Gasteiger charge is -2.06. The Morgan fingerprint density at radius 1 is 1.37 bits per heavy atom. The van der Waals surface area contributed by atoms with Gasteiger partial charge in [-0.15, -0.1) is 10.2 Å². The van der Waals surface area contributed by atoms with Gasteiger partial charge >= 0.3 is 0 Å². The minimum Gasteiger partial charge on any atom is -0.503 e. The molecule has 2 aromatic carbocycles. The van der Waals surface area contributed by atoms with Crippen LogP contribution in [0.25, 0.3) is 11.4 Å². The summed E-state index contributed by atoms with van der Waals surface area (Å²) in [5.41, 5.74) is 3.82. The average Bonchev–Trinajstić information content (AvgIpc) is 3.13. The van der Waals surface area contributed by atoms with E-state index in [2.05, 4.69) is 41.9 Å². The van der Waals surface area contributed by atoms with Crippen LogP contribution in [-0.4, -0.2) is 44.5 Å². The molecular formula is C17H15BrN6O3. The Hall–Kier alpha value is -3.27. The fourth-order valence-electron chi connectivity index (χ4n) is 2.18. The van der Waals surface area contributed by atoms with Crippen LogP contribution < -0.4 is 10.2 Å². The van der Waals surface area contributed by atoms with Gasteiger partial charge in [0, 0.05) is 5.56 Å². The normalized spacial score (nSPS) is 10.9. The minimum absolute atomic E-state index is 0.00911. The Bertz CT molecular complexity index is 974. The highest BCUT2D eigenvalue weighted by atomic mass is 79.9. The first-order chi connectivity index (χ1) is 13.1. The molecule has 10 heteroatoms. The quantitative estimate of drug-likeness (QED) is 0.456. The topological polar surface area (TPSA) is 115 Å². The van der Waals surface area contributed by atoms with Crippen LogP contribution in [-0.2, 0) is 11.3 Å². The number of hydrogen-bond acceptors (Lipinski definition) is 7. The summed E-state index contributed by atoms with van der Waals surface area (Å²) in [6, 6.07) is 12.6. The molecule has 1 amide bonds. The van der Waals surface area contributed by atoms with Crippen LogP contribution in [0.2, 0.25) is 0 Å². The molecule has 0 fully saturated rings. The van der Waals surface area contributed by atoms with Crippen molar-refractivity contribution in [3.05, 3.63) is 52.5 Å². The number of halogens is 1.